The number of ketones is 1. The van der Waals surface area contributed by atoms with Crippen molar-refractivity contribution in [1.29, 1.82) is 0 Å². The summed E-state index contributed by atoms with van der Waals surface area (Å²) in [5, 5.41) is 13.6. The van der Waals surface area contributed by atoms with E-state index in [1.54, 1.807) is 36.4 Å². The Bertz CT molecular complexity index is 1420. The monoisotopic (exact) mass is 492 g/mol. The molecular weight excluding hydrogens is 466 g/mol. The molecule has 0 fully saturated rings. The molecular formula is C28H26F2N2O4. The van der Waals surface area contributed by atoms with Crippen LogP contribution in [-0.4, -0.2) is 35.1 Å². The SMILES string of the molecule is CC(Cc1cccc(OCC(F)(F)c2ccccc2)c1)NCC(=O)c1ccc(O)c2[nH]c(=O)ccc12. The molecule has 0 aliphatic rings. The minimum Gasteiger partial charge on any atom is -0.506 e. The third kappa shape index (κ3) is 5.95. The Labute approximate surface area is 206 Å². The fourth-order valence-electron chi connectivity index (χ4n) is 3.97. The molecule has 1 heterocycles. The molecule has 3 N–H and O–H groups in total. The van der Waals surface area contributed by atoms with E-state index < -0.39 is 12.5 Å². The Morgan fingerprint density at radius 2 is 1.83 bits per heavy atom. The van der Waals surface area contributed by atoms with E-state index in [2.05, 4.69) is 10.3 Å². The van der Waals surface area contributed by atoms with Crippen LogP contribution in [0.5, 0.6) is 11.5 Å². The van der Waals surface area contributed by atoms with Crippen molar-refractivity contribution in [3.05, 3.63) is 106 Å². The zero-order valence-corrected chi connectivity index (χ0v) is 19.6. The maximum atomic E-state index is 14.4. The smallest absolute Gasteiger partial charge is 0.306 e. The first-order valence-corrected chi connectivity index (χ1v) is 11.5. The number of aromatic nitrogens is 1. The van der Waals surface area contributed by atoms with E-state index in [0.717, 1.165) is 5.56 Å². The van der Waals surface area contributed by atoms with Gasteiger partial charge in [0.1, 0.15) is 11.5 Å². The maximum Gasteiger partial charge on any atom is 0.306 e. The predicted octanol–water partition coefficient (Wildman–Crippen LogP) is 4.81. The summed E-state index contributed by atoms with van der Waals surface area (Å²) in [6.07, 6.45) is 0.545. The molecule has 0 saturated carbocycles. The highest BCUT2D eigenvalue weighted by molar-refractivity contribution is 6.09. The molecule has 0 bridgehead atoms. The van der Waals surface area contributed by atoms with Gasteiger partial charge in [-0.3, -0.25) is 9.59 Å². The van der Waals surface area contributed by atoms with Crippen LogP contribution in [0.1, 0.15) is 28.4 Å². The van der Waals surface area contributed by atoms with Crippen molar-refractivity contribution < 1.29 is 23.4 Å². The molecule has 0 aliphatic heterocycles. The number of ether oxygens (including phenoxy) is 1. The first-order valence-electron chi connectivity index (χ1n) is 11.5. The largest absolute Gasteiger partial charge is 0.506 e. The van der Waals surface area contributed by atoms with Crippen LogP contribution in [0.4, 0.5) is 8.78 Å². The standard InChI is InChI=1S/C28H26F2N2O4/c1-18(31-16-25(34)22-10-12-24(33)27-23(22)11-13-26(35)32-27)14-19-6-5-9-21(15-19)36-17-28(29,30)20-7-3-2-4-8-20/h2-13,15,18,31,33H,14,16-17H2,1H3,(H,32,35). The average Bonchev–Trinajstić information content (AvgIpc) is 2.87. The van der Waals surface area contributed by atoms with E-state index in [1.165, 1.54) is 36.4 Å². The van der Waals surface area contributed by atoms with E-state index in [9.17, 15) is 23.5 Å². The number of fused-ring (bicyclic) bond motifs is 1. The summed E-state index contributed by atoms with van der Waals surface area (Å²) in [7, 11) is 0. The van der Waals surface area contributed by atoms with Gasteiger partial charge in [0.05, 0.1) is 12.1 Å². The van der Waals surface area contributed by atoms with Gasteiger partial charge in [-0.15, -0.1) is 0 Å². The zero-order chi connectivity index (χ0) is 25.7. The molecule has 186 valence electrons. The molecule has 8 heteroatoms. The molecule has 0 radical (unpaired) electrons. The van der Waals surface area contributed by atoms with Gasteiger partial charge in [-0.25, -0.2) is 0 Å². The summed E-state index contributed by atoms with van der Waals surface area (Å²) in [6.45, 7) is 1.19. The lowest BCUT2D eigenvalue weighted by Crippen LogP contribution is -2.33. The van der Waals surface area contributed by atoms with E-state index in [1.807, 2.05) is 13.0 Å². The number of alkyl halides is 2. The number of nitrogens with one attached hydrogen (secondary N) is 2. The van der Waals surface area contributed by atoms with Crippen molar-refractivity contribution >= 4 is 16.7 Å². The summed E-state index contributed by atoms with van der Waals surface area (Å²) in [5.41, 5.74) is 1.00. The van der Waals surface area contributed by atoms with Crippen molar-refractivity contribution in [2.45, 2.75) is 25.3 Å². The van der Waals surface area contributed by atoms with Crippen molar-refractivity contribution in [3.8, 4) is 11.5 Å². The lowest BCUT2D eigenvalue weighted by atomic mass is 10.0. The quantitative estimate of drug-likeness (QED) is 0.277. The first-order chi connectivity index (χ1) is 17.2. The van der Waals surface area contributed by atoms with E-state index in [-0.39, 0.29) is 40.8 Å². The minimum atomic E-state index is -3.11. The molecule has 0 amide bonds. The molecule has 4 rings (SSSR count). The second kappa shape index (κ2) is 10.7. The Morgan fingerprint density at radius 3 is 2.61 bits per heavy atom. The van der Waals surface area contributed by atoms with Gasteiger partial charge in [0.15, 0.2) is 12.4 Å². The van der Waals surface area contributed by atoms with Crippen molar-refractivity contribution in [1.82, 2.24) is 10.3 Å². The number of hydrogen-bond donors (Lipinski definition) is 3. The number of benzene rings is 3. The fraction of sp³-hybridized carbons (Fsp3) is 0.214. The van der Waals surface area contributed by atoms with Gasteiger partial charge in [-0.1, -0.05) is 42.5 Å². The Hall–Kier alpha value is -4.04. The number of aromatic hydroxyl groups is 1. The summed E-state index contributed by atoms with van der Waals surface area (Å²) < 4.78 is 34.2. The molecule has 0 saturated heterocycles. The van der Waals surface area contributed by atoms with Gasteiger partial charge < -0.3 is 20.1 Å². The number of H-pyrrole nitrogens is 1. The normalized spacial score (nSPS) is 12.4. The third-order valence-electron chi connectivity index (χ3n) is 5.84. The molecule has 36 heavy (non-hydrogen) atoms. The molecule has 3 aromatic carbocycles. The minimum absolute atomic E-state index is 0.0413. The Kier molecular flexibility index (Phi) is 7.45. The van der Waals surface area contributed by atoms with Gasteiger partial charge in [-0.2, -0.15) is 8.78 Å². The maximum absolute atomic E-state index is 14.4. The predicted molar refractivity (Wildman–Crippen MR) is 134 cm³/mol. The topological polar surface area (TPSA) is 91.4 Å². The lowest BCUT2D eigenvalue weighted by Gasteiger charge is -2.18. The van der Waals surface area contributed by atoms with Crippen LogP contribution in [0.25, 0.3) is 10.9 Å². The van der Waals surface area contributed by atoms with Crippen molar-refractivity contribution in [2.75, 3.05) is 13.2 Å². The van der Waals surface area contributed by atoms with Crippen molar-refractivity contribution in [2.24, 2.45) is 0 Å². The van der Waals surface area contributed by atoms with Crippen LogP contribution in [0.15, 0.2) is 83.7 Å². The highest BCUT2D eigenvalue weighted by Crippen LogP contribution is 2.29. The average molecular weight is 493 g/mol. The van der Waals surface area contributed by atoms with Crippen LogP contribution in [0.2, 0.25) is 0 Å². The van der Waals surface area contributed by atoms with Crippen LogP contribution in [-0.2, 0) is 12.3 Å². The number of carbonyl (C=O) groups is 1. The number of rotatable bonds is 10. The van der Waals surface area contributed by atoms with Gasteiger partial charge in [0.2, 0.25) is 5.56 Å². The van der Waals surface area contributed by atoms with Crippen LogP contribution in [0.3, 0.4) is 0 Å². The molecule has 6 nitrogen and oxygen atoms in total. The molecule has 1 aromatic heterocycles. The highest BCUT2D eigenvalue weighted by atomic mass is 19.3. The number of pyridine rings is 1. The van der Waals surface area contributed by atoms with E-state index in [0.29, 0.717) is 23.1 Å². The number of phenolic OH excluding ortho intramolecular Hbond substituents is 1. The van der Waals surface area contributed by atoms with Gasteiger partial charge in [0, 0.05) is 28.6 Å². The third-order valence-corrected chi connectivity index (χ3v) is 5.84. The van der Waals surface area contributed by atoms with Crippen molar-refractivity contribution in [3.63, 3.8) is 0 Å². The summed E-state index contributed by atoms with van der Waals surface area (Å²) in [5.74, 6) is -3.07. The zero-order valence-electron chi connectivity index (χ0n) is 19.6. The number of hydrogen-bond acceptors (Lipinski definition) is 5. The molecule has 0 aliphatic carbocycles. The number of halogens is 2. The van der Waals surface area contributed by atoms with Crippen LogP contribution < -0.4 is 15.6 Å². The lowest BCUT2D eigenvalue weighted by molar-refractivity contribution is -0.0467. The summed E-state index contributed by atoms with van der Waals surface area (Å²) >= 11 is 0. The van der Waals surface area contributed by atoms with Crippen LogP contribution >= 0.6 is 0 Å². The van der Waals surface area contributed by atoms with Gasteiger partial charge >= 0.3 is 5.92 Å². The number of phenols is 1. The summed E-state index contributed by atoms with van der Waals surface area (Å²) in [4.78, 5) is 27.0. The van der Waals surface area contributed by atoms with E-state index >= 15 is 0 Å². The number of Topliss-reactive ketones (excluding diaryl/α,β-unsaturated/α-hetero) is 1. The van der Waals surface area contributed by atoms with E-state index in [4.69, 9.17) is 4.74 Å². The molecule has 4 aromatic rings. The molecule has 1 unspecified atom stereocenters. The Balaban J connectivity index is 1.35. The highest BCUT2D eigenvalue weighted by Gasteiger charge is 2.32. The van der Waals surface area contributed by atoms with Crippen LogP contribution in [0, 0.1) is 0 Å². The molecule has 1 atom stereocenters. The summed E-state index contributed by atoms with van der Waals surface area (Å²) in [6, 6.07) is 20.1. The number of carbonyl (C=O) groups excluding carboxylic acids is 1. The second-order valence-electron chi connectivity index (χ2n) is 8.66. The fourth-order valence-corrected chi connectivity index (χ4v) is 3.97. The Morgan fingerprint density at radius 1 is 1.06 bits per heavy atom. The van der Waals surface area contributed by atoms with Gasteiger partial charge in [0.25, 0.3) is 0 Å². The van der Waals surface area contributed by atoms with Gasteiger partial charge in [-0.05, 0) is 49.2 Å². The second-order valence-corrected chi connectivity index (χ2v) is 8.66. The number of aromatic amines is 1. The molecule has 0 spiro atoms. The first kappa shape index (κ1) is 25.1.